The van der Waals surface area contributed by atoms with E-state index in [0.717, 1.165) is 0 Å². The zero-order valence-electron chi connectivity index (χ0n) is 10.4. The molecule has 1 rings (SSSR count). The molecule has 7 heteroatoms. The fraction of sp³-hybridized carbons (Fsp3) is 0.545. The first-order valence-electron chi connectivity index (χ1n) is 5.57. The van der Waals surface area contributed by atoms with Crippen molar-refractivity contribution >= 4 is 11.6 Å². The summed E-state index contributed by atoms with van der Waals surface area (Å²) in [6, 6.07) is 0.712. The normalized spacial score (nSPS) is 11.4. The van der Waals surface area contributed by atoms with Gasteiger partial charge in [-0.1, -0.05) is 13.8 Å². The van der Waals surface area contributed by atoms with Crippen LogP contribution < -0.4 is 16.6 Å². The summed E-state index contributed by atoms with van der Waals surface area (Å²) < 4.78 is 26.6. The van der Waals surface area contributed by atoms with E-state index in [4.69, 9.17) is 10.9 Å². The second-order valence-corrected chi connectivity index (χ2v) is 4.78. The monoisotopic (exact) mass is 260 g/mol. The third kappa shape index (κ3) is 3.78. The summed E-state index contributed by atoms with van der Waals surface area (Å²) in [4.78, 5) is 3.69. The minimum absolute atomic E-state index is 0.0453. The summed E-state index contributed by atoms with van der Waals surface area (Å²) in [6.07, 6.45) is 0.560. The molecule has 5 nitrogen and oxygen atoms in total. The standard InChI is InChI=1S/C11H18F2N4O/c1-11(2,3-4-18)6-15-9-7(12)5-8(13)10(16-9)17-14/h5,18H,3-4,6,14H2,1-2H3,(H2,15,16,17). The van der Waals surface area contributed by atoms with Crippen molar-refractivity contribution < 1.29 is 13.9 Å². The quantitative estimate of drug-likeness (QED) is 0.460. The molecule has 0 saturated heterocycles. The molecule has 0 amide bonds. The van der Waals surface area contributed by atoms with E-state index in [9.17, 15) is 8.78 Å². The highest BCUT2D eigenvalue weighted by molar-refractivity contribution is 5.46. The molecule has 0 bridgehead atoms. The van der Waals surface area contributed by atoms with Crippen molar-refractivity contribution in [2.75, 3.05) is 23.9 Å². The highest BCUT2D eigenvalue weighted by Crippen LogP contribution is 2.23. The van der Waals surface area contributed by atoms with E-state index in [1.807, 2.05) is 13.8 Å². The van der Waals surface area contributed by atoms with E-state index in [0.29, 0.717) is 19.0 Å². The molecule has 0 aliphatic rings. The van der Waals surface area contributed by atoms with Crippen molar-refractivity contribution in [1.29, 1.82) is 0 Å². The van der Waals surface area contributed by atoms with Gasteiger partial charge in [-0.25, -0.2) is 19.6 Å². The van der Waals surface area contributed by atoms with Crippen LogP contribution in [0.2, 0.25) is 0 Å². The van der Waals surface area contributed by atoms with E-state index >= 15 is 0 Å². The van der Waals surface area contributed by atoms with E-state index in [-0.39, 0.29) is 23.7 Å². The van der Waals surface area contributed by atoms with Gasteiger partial charge in [-0.15, -0.1) is 0 Å². The second kappa shape index (κ2) is 5.92. The second-order valence-electron chi connectivity index (χ2n) is 4.78. The molecule has 102 valence electrons. The van der Waals surface area contributed by atoms with E-state index < -0.39 is 11.6 Å². The van der Waals surface area contributed by atoms with Gasteiger partial charge in [0.15, 0.2) is 23.3 Å². The third-order valence-electron chi connectivity index (χ3n) is 2.59. The van der Waals surface area contributed by atoms with E-state index in [1.165, 1.54) is 0 Å². The van der Waals surface area contributed by atoms with Crippen LogP contribution >= 0.6 is 0 Å². The molecular formula is C11H18F2N4O. The molecule has 18 heavy (non-hydrogen) atoms. The van der Waals surface area contributed by atoms with Gasteiger partial charge in [-0.2, -0.15) is 0 Å². The van der Waals surface area contributed by atoms with Gasteiger partial charge in [0, 0.05) is 19.2 Å². The largest absolute Gasteiger partial charge is 0.396 e. The number of pyridine rings is 1. The number of halogens is 2. The van der Waals surface area contributed by atoms with Crippen molar-refractivity contribution in [2.24, 2.45) is 11.3 Å². The molecule has 0 unspecified atom stereocenters. The minimum Gasteiger partial charge on any atom is -0.396 e. The number of aliphatic hydroxyl groups excluding tert-OH is 1. The number of hydrogen-bond acceptors (Lipinski definition) is 5. The average molecular weight is 260 g/mol. The highest BCUT2D eigenvalue weighted by Gasteiger charge is 2.19. The predicted octanol–water partition coefficient (Wildman–Crippen LogP) is 1.47. The first kappa shape index (κ1) is 14.6. The van der Waals surface area contributed by atoms with Gasteiger partial charge in [0.05, 0.1) is 0 Å². The van der Waals surface area contributed by atoms with Gasteiger partial charge in [-0.05, 0) is 11.8 Å². The van der Waals surface area contributed by atoms with Crippen molar-refractivity contribution in [3.05, 3.63) is 17.7 Å². The number of nitrogens with two attached hydrogens (primary N) is 1. The number of hydrogen-bond donors (Lipinski definition) is 4. The smallest absolute Gasteiger partial charge is 0.178 e. The molecule has 0 radical (unpaired) electrons. The Morgan fingerprint density at radius 2 is 1.94 bits per heavy atom. The molecule has 0 fully saturated rings. The van der Waals surface area contributed by atoms with E-state index in [2.05, 4.69) is 15.7 Å². The molecule has 0 atom stereocenters. The summed E-state index contributed by atoms with van der Waals surface area (Å²) in [7, 11) is 0. The number of nitrogens with zero attached hydrogens (tertiary/aromatic N) is 1. The van der Waals surface area contributed by atoms with Crippen LogP contribution in [-0.4, -0.2) is 23.2 Å². The Hall–Kier alpha value is -1.47. The fourth-order valence-electron chi connectivity index (χ4n) is 1.41. The van der Waals surface area contributed by atoms with Crippen molar-refractivity contribution in [2.45, 2.75) is 20.3 Å². The van der Waals surface area contributed by atoms with Crippen LogP contribution in [0.15, 0.2) is 6.07 Å². The number of anilines is 2. The van der Waals surface area contributed by atoms with Crippen molar-refractivity contribution in [3.8, 4) is 0 Å². The lowest BCUT2D eigenvalue weighted by atomic mass is 9.90. The number of aromatic nitrogens is 1. The summed E-state index contributed by atoms with van der Waals surface area (Å²) >= 11 is 0. The van der Waals surface area contributed by atoms with Gasteiger partial charge < -0.3 is 15.8 Å². The number of rotatable bonds is 6. The molecular weight excluding hydrogens is 242 g/mol. The lowest BCUT2D eigenvalue weighted by Crippen LogP contribution is -2.25. The van der Waals surface area contributed by atoms with Gasteiger partial charge in [-0.3, -0.25) is 0 Å². The van der Waals surface area contributed by atoms with Gasteiger partial charge in [0.1, 0.15) is 0 Å². The molecule has 0 aliphatic heterocycles. The molecule has 0 saturated carbocycles. The third-order valence-corrected chi connectivity index (χ3v) is 2.59. The molecule has 0 aliphatic carbocycles. The zero-order valence-corrected chi connectivity index (χ0v) is 10.4. The molecule has 5 N–H and O–H groups in total. The predicted molar refractivity (Wildman–Crippen MR) is 65.9 cm³/mol. The van der Waals surface area contributed by atoms with Crippen LogP contribution in [0, 0.1) is 17.0 Å². The first-order valence-corrected chi connectivity index (χ1v) is 5.57. The summed E-state index contributed by atoms with van der Waals surface area (Å²) in [5.41, 5.74) is 1.82. The van der Waals surface area contributed by atoms with Crippen LogP contribution in [0.4, 0.5) is 20.4 Å². The Morgan fingerprint density at radius 3 is 2.50 bits per heavy atom. The fourth-order valence-corrected chi connectivity index (χ4v) is 1.41. The Labute approximate surface area is 104 Å². The lowest BCUT2D eigenvalue weighted by Gasteiger charge is -2.24. The zero-order chi connectivity index (χ0) is 13.8. The first-order chi connectivity index (χ1) is 8.39. The summed E-state index contributed by atoms with van der Waals surface area (Å²) in [5.74, 6) is 3.13. The van der Waals surface area contributed by atoms with Crippen molar-refractivity contribution in [1.82, 2.24) is 4.98 Å². The Kier molecular flexibility index (Phi) is 4.80. The average Bonchev–Trinajstić information content (AvgIpc) is 2.28. The molecule has 1 aromatic rings. The maximum absolute atomic E-state index is 13.4. The van der Waals surface area contributed by atoms with Crippen LogP contribution in [0.1, 0.15) is 20.3 Å². The lowest BCUT2D eigenvalue weighted by molar-refractivity contribution is 0.220. The molecule has 0 spiro atoms. The Balaban J connectivity index is 2.79. The van der Waals surface area contributed by atoms with Crippen LogP contribution in [0.5, 0.6) is 0 Å². The number of hydrazine groups is 1. The number of nitrogens with one attached hydrogen (secondary N) is 2. The summed E-state index contributed by atoms with van der Waals surface area (Å²) in [6.45, 7) is 4.27. The minimum atomic E-state index is -0.852. The van der Waals surface area contributed by atoms with Crippen LogP contribution in [-0.2, 0) is 0 Å². The van der Waals surface area contributed by atoms with Gasteiger partial charge >= 0.3 is 0 Å². The van der Waals surface area contributed by atoms with Gasteiger partial charge in [0.25, 0.3) is 0 Å². The Bertz CT molecular complexity index is 412. The topological polar surface area (TPSA) is 83.2 Å². The highest BCUT2D eigenvalue weighted by atomic mass is 19.1. The van der Waals surface area contributed by atoms with E-state index in [1.54, 1.807) is 0 Å². The van der Waals surface area contributed by atoms with Crippen molar-refractivity contribution in [3.63, 3.8) is 0 Å². The maximum Gasteiger partial charge on any atom is 0.178 e. The summed E-state index contributed by atoms with van der Waals surface area (Å²) in [5, 5.41) is 11.7. The SMILES string of the molecule is CC(C)(CCO)CNc1nc(NN)c(F)cc1F. The molecule has 1 aromatic heterocycles. The molecule has 1 heterocycles. The Morgan fingerprint density at radius 1 is 1.33 bits per heavy atom. The van der Waals surface area contributed by atoms with Crippen LogP contribution in [0.25, 0.3) is 0 Å². The van der Waals surface area contributed by atoms with Gasteiger partial charge in [0.2, 0.25) is 0 Å². The number of nitrogen functional groups attached to an aromatic ring is 1. The molecule has 0 aromatic carbocycles. The maximum atomic E-state index is 13.4. The van der Waals surface area contributed by atoms with Crippen LogP contribution in [0.3, 0.4) is 0 Å². The number of aliphatic hydroxyl groups is 1.